The lowest BCUT2D eigenvalue weighted by Crippen LogP contribution is -2.48. The van der Waals surface area contributed by atoms with Crippen molar-refractivity contribution in [2.45, 2.75) is 20.4 Å². The Hall–Kier alpha value is -1.26. The van der Waals surface area contributed by atoms with Crippen LogP contribution in [0.2, 0.25) is 5.02 Å². The van der Waals surface area contributed by atoms with Gasteiger partial charge in [0.05, 0.1) is 6.54 Å². The fraction of sp³-hybridized carbons (Fsp3) is 0.562. The molecule has 1 aliphatic rings. The summed E-state index contributed by atoms with van der Waals surface area (Å²) in [6.45, 7) is 8.18. The number of likely N-dealkylation sites (N-methyl/N-ethyl adjacent to an activating group) is 1. The highest BCUT2D eigenvalue weighted by Crippen LogP contribution is 2.26. The third kappa shape index (κ3) is 4.35. The minimum atomic E-state index is 0.155. The molecule has 0 aliphatic carbocycles. The zero-order chi connectivity index (χ0) is 15.4. The van der Waals surface area contributed by atoms with Gasteiger partial charge in [-0.15, -0.1) is 0 Å². The van der Waals surface area contributed by atoms with E-state index in [9.17, 15) is 4.79 Å². The van der Waals surface area contributed by atoms with Crippen LogP contribution in [0.3, 0.4) is 0 Å². The fourth-order valence-electron chi connectivity index (χ4n) is 2.44. The highest BCUT2D eigenvalue weighted by Gasteiger charge is 2.22. The van der Waals surface area contributed by atoms with Gasteiger partial charge in [0.15, 0.2) is 0 Å². The number of hydrogen-bond donors (Lipinski definition) is 1. The second-order valence-corrected chi connectivity index (χ2v) is 6.47. The molecule has 0 saturated carbocycles. The highest BCUT2D eigenvalue weighted by molar-refractivity contribution is 6.30. The van der Waals surface area contributed by atoms with Gasteiger partial charge < -0.3 is 15.1 Å². The van der Waals surface area contributed by atoms with Crippen LogP contribution in [-0.2, 0) is 11.3 Å². The van der Waals surface area contributed by atoms with Crippen molar-refractivity contribution < 1.29 is 4.79 Å². The van der Waals surface area contributed by atoms with Gasteiger partial charge in [-0.25, -0.2) is 0 Å². The average Bonchev–Trinajstić information content (AvgIpc) is 2.43. The zero-order valence-electron chi connectivity index (χ0n) is 13.0. The number of carbonyl (C=O) groups excluding carboxylic acids is 1. The van der Waals surface area contributed by atoms with Crippen molar-refractivity contribution in [1.29, 1.82) is 0 Å². The topological polar surface area (TPSA) is 35.6 Å². The van der Waals surface area contributed by atoms with Crippen LogP contribution >= 0.6 is 11.6 Å². The molecule has 1 aliphatic heterocycles. The first-order valence-electron chi connectivity index (χ1n) is 7.45. The molecule has 1 amide bonds. The molecule has 5 heteroatoms. The molecule has 1 fully saturated rings. The van der Waals surface area contributed by atoms with E-state index in [0.717, 1.165) is 31.9 Å². The Labute approximate surface area is 132 Å². The highest BCUT2D eigenvalue weighted by atomic mass is 35.5. The molecule has 1 N–H and O–H groups in total. The van der Waals surface area contributed by atoms with E-state index >= 15 is 0 Å². The lowest BCUT2D eigenvalue weighted by atomic mass is 10.1. The molecule has 2 rings (SSSR count). The molecule has 21 heavy (non-hydrogen) atoms. The lowest BCUT2D eigenvalue weighted by Gasteiger charge is -2.34. The van der Waals surface area contributed by atoms with Crippen molar-refractivity contribution >= 4 is 23.2 Å². The number of nitrogens with one attached hydrogen (secondary N) is 1. The van der Waals surface area contributed by atoms with Crippen molar-refractivity contribution in [2.24, 2.45) is 5.92 Å². The number of carbonyl (C=O) groups is 1. The zero-order valence-corrected chi connectivity index (χ0v) is 13.8. The van der Waals surface area contributed by atoms with Crippen molar-refractivity contribution in [3.8, 4) is 0 Å². The van der Waals surface area contributed by atoms with Crippen LogP contribution in [-0.4, -0.2) is 44.0 Å². The largest absolute Gasteiger partial charge is 0.360 e. The van der Waals surface area contributed by atoms with E-state index < -0.39 is 0 Å². The fourth-order valence-corrected chi connectivity index (χ4v) is 2.61. The number of amides is 1. The van der Waals surface area contributed by atoms with Gasteiger partial charge in [0, 0.05) is 37.4 Å². The first-order valence-corrected chi connectivity index (χ1v) is 7.83. The normalized spacial score (nSPS) is 16.0. The summed E-state index contributed by atoms with van der Waals surface area (Å²) in [6.07, 6.45) is 0. The van der Waals surface area contributed by atoms with Gasteiger partial charge in [0.1, 0.15) is 0 Å². The third-order valence-corrected chi connectivity index (χ3v) is 3.95. The summed E-state index contributed by atoms with van der Waals surface area (Å²) in [4.78, 5) is 15.8. The summed E-state index contributed by atoms with van der Waals surface area (Å²) in [7, 11) is 1.85. The Bertz CT molecular complexity index is 504. The molecule has 0 spiro atoms. The molecule has 1 heterocycles. The molecule has 0 bridgehead atoms. The SMILES string of the molecule is CC(C)CNCc1ccc(Cl)cc1N1CCN(C)C(=O)C1. The van der Waals surface area contributed by atoms with Crippen LogP contribution in [0.5, 0.6) is 0 Å². The maximum absolute atomic E-state index is 11.9. The summed E-state index contributed by atoms with van der Waals surface area (Å²) in [5, 5.41) is 4.17. The Morgan fingerprint density at radius 1 is 1.33 bits per heavy atom. The van der Waals surface area contributed by atoms with Crippen molar-refractivity contribution in [3.05, 3.63) is 28.8 Å². The van der Waals surface area contributed by atoms with E-state index in [-0.39, 0.29) is 5.91 Å². The van der Waals surface area contributed by atoms with E-state index in [2.05, 4.69) is 24.1 Å². The van der Waals surface area contributed by atoms with Crippen LogP contribution in [0.25, 0.3) is 0 Å². The predicted octanol–water partition coefficient (Wildman–Crippen LogP) is 2.36. The molecule has 0 aromatic heterocycles. The molecular formula is C16H24ClN3O. The van der Waals surface area contributed by atoms with E-state index in [4.69, 9.17) is 11.6 Å². The average molecular weight is 310 g/mol. The van der Waals surface area contributed by atoms with E-state index in [0.29, 0.717) is 17.5 Å². The predicted molar refractivity (Wildman–Crippen MR) is 87.8 cm³/mol. The minimum absolute atomic E-state index is 0.155. The van der Waals surface area contributed by atoms with Crippen molar-refractivity contribution in [1.82, 2.24) is 10.2 Å². The molecule has 4 nitrogen and oxygen atoms in total. The van der Waals surface area contributed by atoms with Crippen LogP contribution in [0, 0.1) is 5.92 Å². The number of anilines is 1. The first-order chi connectivity index (χ1) is 9.97. The molecule has 0 unspecified atom stereocenters. The van der Waals surface area contributed by atoms with Gasteiger partial charge in [-0.2, -0.15) is 0 Å². The third-order valence-electron chi connectivity index (χ3n) is 3.71. The van der Waals surface area contributed by atoms with E-state index in [1.54, 1.807) is 4.90 Å². The van der Waals surface area contributed by atoms with E-state index in [1.165, 1.54) is 5.56 Å². The number of piperazine rings is 1. The number of hydrogen-bond acceptors (Lipinski definition) is 3. The second-order valence-electron chi connectivity index (χ2n) is 6.03. The van der Waals surface area contributed by atoms with Crippen molar-refractivity contribution in [2.75, 3.05) is 38.1 Å². The molecule has 0 atom stereocenters. The Morgan fingerprint density at radius 3 is 2.76 bits per heavy atom. The summed E-state index contributed by atoms with van der Waals surface area (Å²) in [5.41, 5.74) is 2.26. The number of halogens is 1. The number of benzene rings is 1. The number of rotatable bonds is 5. The monoisotopic (exact) mass is 309 g/mol. The number of nitrogens with zero attached hydrogens (tertiary/aromatic N) is 2. The van der Waals surface area contributed by atoms with Gasteiger partial charge in [0.25, 0.3) is 0 Å². The van der Waals surface area contributed by atoms with Gasteiger partial charge in [0.2, 0.25) is 5.91 Å². The smallest absolute Gasteiger partial charge is 0.241 e. The Kier molecular flexibility index (Phi) is 5.48. The first kappa shape index (κ1) is 16.1. The maximum Gasteiger partial charge on any atom is 0.241 e. The lowest BCUT2D eigenvalue weighted by molar-refractivity contribution is -0.129. The standard InChI is InChI=1S/C16H24ClN3O/c1-12(2)9-18-10-13-4-5-14(17)8-15(13)20-7-6-19(3)16(21)11-20/h4-5,8,12,18H,6-7,9-11H2,1-3H3. The molecule has 1 aromatic carbocycles. The minimum Gasteiger partial charge on any atom is -0.360 e. The van der Waals surface area contributed by atoms with Crippen molar-refractivity contribution in [3.63, 3.8) is 0 Å². The van der Waals surface area contributed by atoms with E-state index in [1.807, 2.05) is 25.2 Å². The quantitative estimate of drug-likeness (QED) is 0.907. The summed E-state index contributed by atoms with van der Waals surface area (Å²) in [6, 6.07) is 5.93. The Balaban J connectivity index is 2.13. The molecule has 0 radical (unpaired) electrons. The maximum atomic E-state index is 11.9. The molecule has 116 valence electrons. The van der Waals surface area contributed by atoms with Gasteiger partial charge >= 0.3 is 0 Å². The van der Waals surface area contributed by atoms with Crippen LogP contribution in [0.15, 0.2) is 18.2 Å². The molecule has 1 saturated heterocycles. The summed E-state index contributed by atoms with van der Waals surface area (Å²) in [5.74, 6) is 0.772. The van der Waals surface area contributed by atoms with Gasteiger partial charge in [-0.3, -0.25) is 4.79 Å². The van der Waals surface area contributed by atoms with Crippen LogP contribution < -0.4 is 10.2 Å². The molecular weight excluding hydrogens is 286 g/mol. The van der Waals surface area contributed by atoms with Gasteiger partial charge in [-0.1, -0.05) is 31.5 Å². The van der Waals surface area contributed by atoms with Gasteiger partial charge in [-0.05, 0) is 30.2 Å². The second kappa shape index (κ2) is 7.14. The van der Waals surface area contributed by atoms with Crippen LogP contribution in [0.4, 0.5) is 5.69 Å². The Morgan fingerprint density at radius 2 is 2.10 bits per heavy atom. The van der Waals surface area contributed by atoms with Crippen LogP contribution in [0.1, 0.15) is 19.4 Å². The summed E-state index contributed by atoms with van der Waals surface area (Å²) >= 11 is 6.14. The summed E-state index contributed by atoms with van der Waals surface area (Å²) < 4.78 is 0. The molecule has 1 aromatic rings.